The molecule has 0 aliphatic carbocycles. The Morgan fingerprint density at radius 2 is 1.95 bits per heavy atom. The summed E-state index contributed by atoms with van der Waals surface area (Å²) in [5.41, 5.74) is 2.13. The molecule has 1 nitrogen and oxygen atoms in total. The SMILES string of the molecule is CC1(C)Cc2cc(C(Cl)c3cc(Cl)ccc3F)ccc2O1. The first-order chi connectivity index (χ1) is 9.85. The monoisotopic (exact) mass is 324 g/mol. The van der Waals surface area contributed by atoms with E-state index in [1.54, 1.807) is 6.07 Å². The molecule has 0 N–H and O–H groups in total. The molecule has 2 aromatic carbocycles. The summed E-state index contributed by atoms with van der Waals surface area (Å²) in [5, 5.41) is -0.0969. The predicted octanol–water partition coefficient (Wildman–Crippen LogP) is 5.52. The number of halogens is 3. The molecule has 2 aromatic rings. The summed E-state index contributed by atoms with van der Waals surface area (Å²) in [6, 6.07) is 10.2. The number of ether oxygens (including phenoxy) is 1. The van der Waals surface area contributed by atoms with E-state index in [4.69, 9.17) is 27.9 Å². The standard InChI is InChI=1S/C17H15Cl2FO/c1-17(2)9-11-7-10(3-6-15(11)21-17)16(19)13-8-12(18)4-5-14(13)20/h3-8,16H,9H2,1-2H3. The Balaban J connectivity index is 1.97. The van der Waals surface area contributed by atoms with Gasteiger partial charge in [0.15, 0.2) is 0 Å². The Kier molecular flexibility index (Phi) is 3.62. The molecule has 0 saturated carbocycles. The second-order valence-electron chi connectivity index (χ2n) is 5.93. The molecule has 0 bridgehead atoms. The topological polar surface area (TPSA) is 9.23 Å². The van der Waals surface area contributed by atoms with Crippen LogP contribution in [0.3, 0.4) is 0 Å². The highest BCUT2D eigenvalue weighted by molar-refractivity contribution is 6.30. The van der Waals surface area contributed by atoms with E-state index < -0.39 is 5.38 Å². The number of alkyl halides is 1. The molecule has 0 amide bonds. The molecule has 0 fully saturated rings. The molecule has 21 heavy (non-hydrogen) atoms. The zero-order valence-corrected chi connectivity index (χ0v) is 13.3. The van der Waals surface area contributed by atoms with Crippen LogP contribution in [-0.4, -0.2) is 5.60 Å². The largest absolute Gasteiger partial charge is 0.487 e. The van der Waals surface area contributed by atoms with Gasteiger partial charge >= 0.3 is 0 Å². The van der Waals surface area contributed by atoms with E-state index in [1.807, 2.05) is 32.0 Å². The second-order valence-corrected chi connectivity index (χ2v) is 6.81. The van der Waals surface area contributed by atoms with Crippen LogP contribution in [0.4, 0.5) is 4.39 Å². The molecule has 4 heteroatoms. The molecule has 1 aliphatic rings. The van der Waals surface area contributed by atoms with Crippen molar-refractivity contribution >= 4 is 23.2 Å². The predicted molar refractivity (Wildman–Crippen MR) is 84.0 cm³/mol. The van der Waals surface area contributed by atoms with Gasteiger partial charge in [0.25, 0.3) is 0 Å². The molecule has 1 unspecified atom stereocenters. The Hall–Kier alpha value is -1.25. The van der Waals surface area contributed by atoms with E-state index in [9.17, 15) is 4.39 Å². The Morgan fingerprint density at radius 3 is 2.71 bits per heavy atom. The summed E-state index contributed by atoms with van der Waals surface area (Å²) in [5.74, 6) is 0.524. The highest BCUT2D eigenvalue weighted by Crippen LogP contribution is 2.39. The summed E-state index contributed by atoms with van der Waals surface area (Å²) in [7, 11) is 0. The normalized spacial score (nSPS) is 17.2. The van der Waals surface area contributed by atoms with E-state index in [0.29, 0.717) is 10.6 Å². The summed E-state index contributed by atoms with van der Waals surface area (Å²) < 4.78 is 19.8. The minimum atomic E-state index is -0.572. The molecular weight excluding hydrogens is 310 g/mol. The minimum absolute atomic E-state index is 0.204. The van der Waals surface area contributed by atoms with Gasteiger partial charge in [0.05, 0.1) is 5.38 Å². The Morgan fingerprint density at radius 1 is 1.19 bits per heavy atom. The van der Waals surface area contributed by atoms with Crippen LogP contribution in [0.2, 0.25) is 5.02 Å². The maximum Gasteiger partial charge on any atom is 0.128 e. The van der Waals surface area contributed by atoms with Crippen molar-refractivity contribution in [3.8, 4) is 5.75 Å². The molecule has 0 aromatic heterocycles. The van der Waals surface area contributed by atoms with Crippen molar-refractivity contribution in [2.24, 2.45) is 0 Å². The quantitative estimate of drug-likeness (QED) is 0.661. The molecule has 1 atom stereocenters. The van der Waals surface area contributed by atoms with Gasteiger partial charge in [-0.15, -0.1) is 11.6 Å². The van der Waals surface area contributed by atoms with Crippen LogP contribution in [0.25, 0.3) is 0 Å². The maximum atomic E-state index is 13.9. The van der Waals surface area contributed by atoms with Crippen molar-refractivity contribution in [1.82, 2.24) is 0 Å². The van der Waals surface area contributed by atoms with Crippen LogP contribution in [0.5, 0.6) is 5.75 Å². The first kappa shape index (κ1) is 14.7. The van der Waals surface area contributed by atoms with Crippen molar-refractivity contribution in [1.29, 1.82) is 0 Å². The maximum absolute atomic E-state index is 13.9. The van der Waals surface area contributed by atoms with Gasteiger partial charge < -0.3 is 4.74 Å². The van der Waals surface area contributed by atoms with E-state index in [1.165, 1.54) is 12.1 Å². The minimum Gasteiger partial charge on any atom is -0.487 e. The van der Waals surface area contributed by atoms with Gasteiger partial charge in [-0.25, -0.2) is 4.39 Å². The van der Waals surface area contributed by atoms with Crippen molar-refractivity contribution in [3.05, 3.63) is 63.9 Å². The number of benzene rings is 2. The fourth-order valence-corrected chi connectivity index (χ4v) is 3.16. The van der Waals surface area contributed by atoms with E-state index >= 15 is 0 Å². The van der Waals surface area contributed by atoms with Crippen molar-refractivity contribution in [3.63, 3.8) is 0 Å². The zero-order chi connectivity index (χ0) is 15.2. The highest BCUT2D eigenvalue weighted by Gasteiger charge is 2.30. The van der Waals surface area contributed by atoms with Crippen molar-refractivity contribution < 1.29 is 9.13 Å². The molecule has 0 spiro atoms. The molecule has 0 saturated heterocycles. The Labute approximate surface area is 133 Å². The van der Waals surface area contributed by atoms with Crippen LogP contribution in [0.1, 0.15) is 35.9 Å². The lowest BCUT2D eigenvalue weighted by Crippen LogP contribution is -2.24. The fraction of sp³-hybridized carbons (Fsp3) is 0.294. The Bertz CT molecular complexity index is 697. The van der Waals surface area contributed by atoms with E-state index in [2.05, 4.69) is 0 Å². The molecular formula is C17H15Cl2FO. The summed E-state index contributed by atoms with van der Waals surface area (Å²) in [6.07, 6.45) is 0.817. The number of hydrogen-bond acceptors (Lipinski definition) is 1. The first-order valence-corrected chi connectivity index (χ1v) is 7.58. The average molecular weight is 325 g/mol. The van der Waals surface area contributed by atoms with Crippen LogP contribution < -0.4 is 4.74 Å². The first-order valence-electron chi connectivity index (χ1n) is 6.76. The fourth-order valence-electron chi connectivity index (χ4n) is 2.68. The van der Waals surface area contributed by atoms with Crippen LogP contribution in [0.15, 0.2) is 36.4 Å². The van der Waals surface area contributed by atoms with E-state index in [-0.39, 0.29) is 11.4 Å². The van der Waals surface area contributed by atoms with Gasteiger partial charge in [-0.2, -0.15) is 0 Å². The van der Waals surface area contributed by atoms with Gasteiger partial charge in [0.1, 0.15) is 17.2 Å². The van der Waals surface area contributed by atoms with Crippen LogP contribution in [-0.2, 0) is 6.42 Å². The lowest BCUT2D eigenvalue weighted by atomic mass is 9.97. The lowest BCUT2D eigenvalue weighted by molar-refractivity contribution is 0.138. The second kappa shape index (κ2) is 5.19. The number of rotatable bonds is 2. The molecule has 3 rings (SSSR count). The van der Waals surface area contributed by atoms with Crippen molar-refractivity contribution in [2.45, 2.75) is 31.2 Å². The zero-order valence-electron chi connectivity index (χ0n) is 11.8. The van der Waals surface area contributed by atoms with Gasteiger partial charge in [-0.1, -0.05) is 23.7 Å². The third kappa shape index (κ3) is 2.88. The van der Waals surface area contributed by atoms with Crippen LogP contribution in [0, 0.1) is 5.82 Å². The summed E-state index contributed by atoms with van der Waals surface area (Å²) in [4.78, 5) is 0. The van der Waals surface area contributed by atoms with Crippen molar-refractivity contribution in [2.75, 3.05) is 0 Å². The molecule has 1 aliphatic heterocycles. The molecule has 1 heterocycles. The average Bonchev–Trinajstić information content (AvgIpc) is 2.73. The van der Waals surface area contributed by atoms with Gasteiger partial charge in [-0.3, -0.25) is 0 Å². The molecule has 0 radical (unpaired) electrons. The smallest absolute Gasteiger partial charge is 0.128 e. The number of hydrogen-bond donors (Lipinski definition) is 0. The highest BCUT2D eigenvalue weighted by atomic mass is 35.5. The summed E-state index contributed by atoms with van der Waals surface area (Å²) in [6.45, 7) is 4.09. The summed E-state index contributed by atoms with van der Waals surface area (Å²) >= 11 is 12.4. The third-order valence-electron chi connectivity index (χ3n) is 3.61. The van der Waals surface area contributed by atoms with Crippen LogP contribution >= 0.6 is 23.2 Å². The van der Waals surface area contributed by atoms with E-state index in [0.717, 1.165) is 23.3 Å². The molecule has 110 valence electrons. The van der Waals surface area contributed by atoms with Gasteiger partial charge in [-0.05, 0) is 49.2 Å². The third-order valence-corrected chi connectivity index (χ3v) is 4.33. The lowest BCUT2D eigenvalue weighted by Gasteiger charge is -2.16. The van der Waals surface area contributed by atoms with Gasteiger partial charge in [0.2, 0.25) is 0 Å². The van der Waals surface area contributed by atoms with Gasteiger partial charge in [0, 0.05) is 17.0 Å². The number of fused-ring (bicyclic) bond motifs is 1.